The minimum atomic E-state index is -0.278. The van der Waals surface area contributed by atoms with Gasteiger partial charge in [-0.05, 0) is 24.8 Å². The average Bonchev–Trinajstić information content (AvgIpc) is 3.26. The largest absolute Gasteiger partial charge is 0.331 e. The summed E-state index contributed by atoms with van der Waals surface area (Å²) in [6.07, 6.45) is 6.05. The molecule has 0 spiro atoms. The molecule has 1 aromatic heterocycles. The van der Waals surface area contributed by atoms with Gasteiger partial charge in [-0.1, -0.05) is 31.0 Å². The summed E-state index contributed by atoms with van der Waals surface area (Å²) in [6.45, 7) is 0.457. The summed E-state index contributed by atoms with van der Waals surface area (Å²) in [6, 6.07) is 6.28. The van der Waals surface area contributed by atoms with Crippen molar-refractivity contribution in [3.05, 3.63) is 52.2 Å². The van der Waals surface area contributed by atoms with Crippen LogP contribution in [-0.2, 0) is 6.54 Å². The van der Waals surface area contributed by atoms with Gasteiger partial charge in [-0.25, -0.2) is 14.2 Å². The van der Waals surface area contributed by atoms with Crippen molar-refractivity contribution in [2.24, 2.45) is 5.92 Å². The van der Waals surface area contributed by atoms with Crippen molar-refractivity contribution < 1.29 is 9.18 Å². The molecule has 0 aliphatic heterocycles. The minimum Gasteiger partial charge on any atom is -0.331 e. The summed E-state index contributed by atoms with van der Waals surface area (Å²) in [5.74, 6) is 0.0383. The molecule has 2 amide bonds. The fourth-order valence-electron chi connectivity index (χ4n) is 3.32. The number of benzene rings is 1. The van der Waals surface area contributed by atoms with Gasteiger partial charge in [0.2, 0.25) is 0 Å². The Morgan fingerprint density at radius 1 is 1.42 bits per heavy atom. The Hall–Kier alpha value is -1.95. The van der Waals surface area contributed by atoms with Crippen LogP contribution in [0.2, 0.25) is 0 Å². The van der Waals surface area contributed by atoms with Crippen LogP contribution in [0.3, 0.4) is 0 Å². The first-order valence-corrected chi connectivity index (χ1v) is 9.17. The van der Waals surface area contributed by atoms with Gasteiger partial charge in [0, 0.05) is 24.2 Å². The Bertz CT molecular complexity index is 671. The number of nitrogens with zero attached hydrogens (tertiary/aromatic N) is 2. The van der Waals surface area contributed by atoms with Gasteiger partial charge in [0.05, 0.1) is 12.6 Å². The molecule has 1 atom stereocenters. The highest BCUT2D eigenvalue weighted by atomic mass is 32.1. The van der Waals surface area contributed by atoms with Crippen molar-refractivity contribution in [3.63, 3.8) is 0 Å². The molecule has 3 rings (SSSR count). The molecule has 6 heteroatoms. The standard InChI is InChI=1S/C18H22FN3OS/c1-22(12-16-20-10-11-24-16)18(23)21-17(13-6-2-3-7-13)14-8-4-5-9-15(14)19/h4-5,8-11,13,17H,2-3,6-7,12H2,1H3,(H,21,23)/t17-/m0/s1. The molecule has 1 aromatic carbocycles. The van der Waals surface area contributed by atoms with Gasteiger partial charge in [-0.15, -0.1) is 11.3 Å². The minimum absolute atomic E-state index is 0.189. The van der Waals surface area contributed by atoms with Gasteiger partial charge in [0.25, 0.3) is 0 Å². The number of urea groups is 1. The van der Waals surface area contributed by atoms with Gasteiger partial charge >= 0.3 is 6.03 Å². The highest BCUT2D eigenvalue weighted by Crippen LogP contribution is 2.36. The van der Waals surface area contributed by atoms with Crippen LogP contribution in [0.1, 0.15) is 42.3 Å². The zero-order valence-corrected chi connectivity index (χ0v) is 14.6. The molecule has 1 heterocycles. The number of nitrogens with one attached hydrogen (secondary N) is 1. The van der Waals surface area contributed by atoms with Crippen molar-refractivity contribution in [1.29, 1.82) is 0 Å². The summed E-state index contributed by atoms with van der Waals surface area (Å²) in [4.78, 5) is 18.4. The van der Waals surface area contributed by atoms with Gasteiger partial charge in [-0.3, -0.25) is 0 Å². The monoisotopic (exact) mass is 347 g/mol. The van der Waals surface area contributed by atoms with Crippen LogP contribution in [0, 0.1) is 11.7 Å². The summed E-state index contributed by atoms with van der Waals surface area (Å²) in [5.41, 5.74) is 0.584. The Kier molecular flexibility index (Phi) is 5.45. The normalized spacial score (nSPS) is 16.1. The fourth-order valence-corrected chi connectivity index (χ4v) is 3.99. The van der Waals surface area contributed by atoms with E-state index in [0.717, 1.165) is 30.7 Å². The first-order chi connectivity index (χ1) is 11.6. The highest BCUT2D eigenvalue weighted by molar-refractivity contribution is 7.09. The van der Waals surface area contributed by atoms with E-state index in [1.807, 2.05) is 11.4 Å². The lowest BCUT2D eigenvalue weighted by atomic mass is 9.91. The molecule has 1 N–H and O–H groups in total. The summed E-state index contributed by atoms with van der Waals surface area (Å²) >= 11 is 1.52. The van der Waals surface area contributed by atoms with Crippen LogP contribution < -0.4 is 5.32 Å². The first-order valence-electron chi connectivity index (χ1n) is 8.29. The summed E-state index contributed by atoms with van der Waals surface area (Å²) in [7, 11) is 1.74. The Labute approximate surface area is 145 Å². The van der Waals surface area contributed by atoms with Crippen LogP contribution in [-0.4, -0.2) is 23.0 Å². The third kappa shape index (κ3) is 3.93. The SMILES string of the molecule is CN(Cc1nccs1)C(=O)N[C@H](c1ccccc1F)C1CCCC1. The molecule has 1 aliphatic carbocycles. The molecule has 0 unspecified atom stereocenters. The van der Waals surface area contributed by atoms with Crippen LogP contribution in [0.5, 0.6) is 0 Å². The number of aromatic nitrogens is 1. The van der Waals surface area contributed by atoms with Gasteiger partial charge in [-0.2, -0.15) is 0 Å². The zero-order chi connectivity index (χ0) is 16.9. The molecule has 2 aromatic rings. The Morgan fingerprint density at radius 3 is 2.83 bits per heavy atom. The number of carbonyl (C=O) groups excluding carboxylic acids is 1. The predicted octanol–water partition coefficient (Wildman–Crippen LogP) is 4.36. The maximum Gasteiger partial charge on any atom is 0.318 e. The second-order valence-electron chi connectivity index (χ2n) is 6.28. The number of halogens is 1. The van der Waals surface area contributed by atoms with Crippen molar-refractivity contribution in [2.45, 2.75) is 38.3 Å². The molecule has 24 heavy (non-hydrogen) atoms. The lowest BCUT2D eigenvalue weighted by Gasteiger charge is -2.28. The number of rotatable bonds is 5. The quantitative estimate of drug-likeness (QED) is 0.874. The van der Waals surface area contributed by atoms with Crippen molar-refractivity contribution in [2.75, 3.05) is 7.05 Å². The van der Waals surface area contributed by atoms with E-state index in [2.05, 4.69) is 10.3 Å². The molecule has 1 saturated carbocycles. The summed E-state index contributed by atoms with van der Waals surface area (Å²) in [5, 5.41) is 5.83. The van der Waals surface area contributed by atoms with E-state index < -0.39 is 0 Å². The molecular formula is C18H22FN3OS. The molecular weight excluding hydrogens is 325 g/mol. The predicted molar refractivity (Wildman–Crippen MR) is 93.2 cm³/mol. The van der Waals surface area contributed by atoms with Crippen LogP contribution in [0.15, 0.2) is 35.8 Å². The molecule has 0 saturated heterocycles. The molecule has 128 valence electrons. The van der Waals surface area contributed by atoms with Crippen molar-refractivity contribution in [1.82, 2.24) is 15.2 Å². The number of thiazole rings is 1. The van der Waals surface area contributed by atoms with Gasteiger partial charge < -0.3 is 10.2 Å². The van der Waals surface area contributed by atoms with Gasteiger partial charge in [0.1, 0.15) is 10.8 Å². The maximum absolute atomic E-state index is 14.3. The van der Waals surface area contributed by atoms with E-state index in [-0.39, 0.29) is 17.9 Å². The van der Waals surface area contributed by atoms with E-state index in [9.17, 15) is 9.18 Å². The van der Waals surface area contributed by atoms with Crippen molar-refractivity contribution in [3.8, 4) is 0 Å². The van der Waals surface area contributed by atoms with Crippen LogP contribution in [0.25, 0.3) is 0 Å². The third-order valence-electron chi connectivity index (χ3n) is 4.59. The van der Waals surface area contributed by atoms with Crippen molar-refractivity contribution >= 4 is 17.4 Å². The topological polar surface area (TPSA) is 45.2 Å². The summed E-state index contributed by atoms with van der Waals surface area (Å²) < 4.78 is 14.3. The van der Waals surface area contributed by atoms with E-state index in [0.29, 0.717) is 18.0 Å². The maximum atomic E-state index is 14.3. The molecule has 0 radical (unpaired) electrons. The number of carbonyl (C=O) groups is 1. The first kappa shape index (κ1) is 16.9. The lowest BCUT2D eigenvalue weighted by molar-refractivity contribution is 0.196. The van der Waals surface area contributed by atoms with E-state index in [1.165, 1.54) is 17.4 Å². The van der Waals surface area contributed by atoms with Crippen LogP contribution in [0.4, 0.5) is 9.18 Å². The molecule has 1 fully saturated rings. The smallest absolute Gasteiger partial charge is 0.318 e. The van der Waals surface area contributed by atoms with Crippen LogP contribution >= 0.6 is 11.3 Å². The molecule has 4 nitrogen and oxygen atoms in total. The molecule has 0 bridgehead atoms. The van der Waals surface area contributed by atoms with E-state index in [1.54, 1.807) is 30.3 Å². The lowest BCUT2D eigenvalue weighted by Crippen LogP contribution is -2.41. The zero-order valence-electron chi connectivity index (χ0n) is 13.7. The Balaban J connectivity index is 1.73. The number of amides is 2. The molecule has 1 aliphatic rings. The van der Waals surface area contributed by atoms with Gasteiger partial charge in [0.15, 0.2) is 0 Å². The Morgan fingerprint density at radius 2 is 2.17 bits per heavy atom. The second kappa shape index (κ2) is 7.75. The fraction of sp³-hybridized carbons (Fsp3) is 0.444. The third-order valence-corrected chi connectivity index (χ3v) is 5.36. The average molecular weight is 347 g/mol. The number of hydrogen-bond acceptors (Lipinski definition) is 3. The number of hydrogen-bond donors (Lipinski definition) is 1. The van der Waals surface area contributed by atoms with E-state index in [4.69, 9.17) is 0 Å². The highest BCUT2D eigenvalue weighted by Gasteiger charge is 2.30. The van der Waals surface area contributed by atoms with E-state index >= 15 is 0 Å². The second-order valence-corrected chi connectivity index (χ2v) is 7.25.